The van der Waals surface area contributed by atoms with E-state index in [0.717, 1.165) is 5.56 Å². The first-order valence-corrected chi connectivity index (χ1v) is 5.79. The monoisotopic (exact) mass is 274 g/mol. The molecule has 0 atom stereocenters. The number of benzene rings is 1. The molecule has 0 aliphatic carbocycles. The van der Waals surface area contributed by atoms with E-state index in [2.05, 4.69) is 20.7 Å². The molecule has 7 heteroatoms. The molecule has 2 rings (SSSR count). The van der Waals surface area contributed by atoms with Crippen LogP contribution in [0.5, 0.6) is 11.5 Å². The third kappa shape index (κ3) is 3.14. The van der Waals surface area contributed by atoms with Crippen LogP contribution in [-0.2, 0) is 0 Å². The molecule has 104 valence electrons. The third-order valence-electron chi connectivity index (χ3n) is 2.53. The summed E-state index contributed by atoms with van der Waals surface area (Å²) in [6.45, 7) is 0. The van der Waals surface area contributed by atoms with E-state index >= 15 is 0 Å². The number of ether oxygens (including phenoxy) is 2. The summed E-state index contributed by atoms with van der Waals surface area (Å²) in [7, 11) is 3.12. The van der Waals surface area contributed by atoms with Crippen LogP contribution in [-0.4, -0.2) is 36.5 Å². The summed E-state index contributed by atoms with van der Waals surface area (Å²) in [5.41, 5.74) is 3.50. The van der Waals surface area contributed by atoms with E-state index in [4.69, 9.17) is 9.47 Å². The quantitative estimate of drug-likeness (QED) is 0.633. The fraction of sp³-hybridized carbons (Fsp3) is 0.154. The molecule has 1 aromatic carbocycles. The van der Waals surface area contributed by atoms with E-state index in [0.29, 0.717) is 17.2 Å². The lowest BCUT2D eigenvalue weighted by molar-refractivity contribution is 0.0950. The minimum atomic E-state index is -0.362. The van der Waals surface area contributed by atoms with Gasteiger partial charge in [0.1, 0.15) is 5.69 Å². The molecule has 2 N–H and O–H groups in total. The topological polar surface area (TPSA) is 88.6 Å². The van der Waals surface area contributed by atoms with Crippen LogP contribution in [0.2, 0.25) is 0 Å². The highest BCUT2D eigenvalue weighted by Crippen LogP contribution is 2.26. The van der Waals surface area contributed by atoms with Gasteiger partial charge in [-0.25, -0.2) is 5.43 Å². The highest BCUT2D eigenvalue weighted by molar-refractivity contribution is 5.93. The molecule has 1 amide bonds. The molecule has 0 bridgehead atoms. The van der Waals surface area contributed by atoms with E-state index in [9.17, 15) is 4.79 Å². The molecular formula is C13H14N4O3. The highest BCUT2D eigenvalue weighted by atomic mass is 16.5. The minimum absolute atomic E-state index is 0.342. The third-order valence-corrected chi connectivity index (χ3v) is 2.53. The molecule has 0 saturated heterocycles. The van der Waals surface area contributed by atoms with Crippen LogP contribution >= 0.6 is 0 Å². The van der Waals surface area contributed by atoms with Crippen molar-refractivity contribution in [2.24, 2.45) is 5.10 Å². The van der Waals surface area contributed by atoms with Gasteiger partial charge in [-0.1, -0.05) is 0 Å². The smallest absolute Gasteiger partial charge is 0.289 e. The maximum absolute atomic E-state index is 11.6. The van der Waals surface area contributed by atoms with Crippen molar-refractivity contribution in [1.29, 1.82) is 0 Å². The van der Waals surface area contributed by atoms with Crippen LogP contribution in [0.25, 0.3) is 0 Å². The molecular weight excluding hydrogens is 260 g/mol. The number of methoxy groups -OCH3 is 2. The Bertz CT molecular complexity index is 608. The van der Waals surface area contributed by atoms with Gasteiger partial charge in [0.15, 0.2) is 11.5 Å². The SMILES string of the molecule is COc1ccc(/C=N\NC(=O)c2ccn[nH]2)cc1OC. The fourth-order valence-electron chi connectivity index (χ4n) is 1.54. The van der Waals surface area contributed by atoms with Gasteiger partial charge in [-0.3, -0.25) is 9.89 Å². The van der Waals surface area contributed by atoms with Crippen LogP contribution < -0.4 is 14.9 Å². The zero-order valence-corrected chi connectivity index (χ0v) is 11.1. The van der Waals surface area contributed by atoms with Crippen LogP contribution in [0.1, 0.15) is 16.1 Å². The van der Waals surface area contributed by atoms with Gasteiger partial charge < -0.3 is 9.47 Å². The fourth-order valence-corrected chi connectivity index (χ4v) is 1.54. The lowest BCUT2D eigenvalue weighted by atomic mass is 10.2. The number of carbonyl (C=O) groups is 1. The second-order valence-corrected chi connectivity index (χ2v) is 3.78. The van der Waals surface area contributed by atoms with E-state index in [1.54, 1.807) is 38.5 Å². The lowest BCUT2D eigenvalue weighted by Gasteiger charge is -2.07. The van der Waals surface area contributed by atoms with Crippen molar-refractivity contribution in [3.8, 4) is 11.5 Å². The molecule has 7 nitrogen and oxygen atoms in total. The Morgan fingerprint density at radius 3 is 2.75 bits per heavy atom. The predicted octanol–water partition coefficient (Wildman–Crippen LogP) is 1.19. The largest absolute Gasteiger partial charge is 0.493 e. The molecule has 20 heavy (non-hydrogen) atoms. The van der Waals surface area contributed by atoms with Crippen molar-refractivity contribution in [3.05, 3.63) is 41.7 Å². The minimum Gasteiger partial charge on any atom is -0.493 e. The Hall–Kier alpha value is -2.83. The van der Waals surface area contributed by atoms with Gasteiger partial charge in [0.25, 0.3) is 5.91 Å². The van der Waals surface area contributed by atoms with Gasteiger partial charge in [0.2, 0.25) is 0 Å². The van der Waals surface area contributed by atoms with Crippen LogP contribution in [0.3, 0.4) is 0 Å². The first-order valence-electron chi connectivity index (χ1n) is 5.79. The Morgan fingerprint density at radius 2 is 2.10 bits per heavy atom. The van der Waals surface area contributed by atoms with Crippen LogP contribution in [0, 0.1) is 0 Å². The predicted molar refractivity (Wildman–Crippen MR) is 73.2 cm³/mol. The van der Waals surface area contributed by atoms with Gasteiger partial charge in [0.05, 0.1) is 20.4 Å². The van der Waals surface area contributed by atoms with Crippen LogP contribution in [0.4, 0.5) is 0 Å². The van der Waals surface area contributed by atoms with Crippen molar-refractivity contribution in [1.82, 2.24) is 15.6 Å². The number of hydrazone groups is 1. The van der Waals surface area contributed by atoms with Gasteiger partial charge in [-0.05, 0) is 29.8 Å². The maximum Gasteiger partial charge on any atom is 0.289 e. The lowest BCUT2D eigenvalue weighted by Crippen LogP contribution is -2.17. The van der Waals surface area contributed by atoms with Crippen molar-refractivity contribution in [2.75, 3.05) is 14.2 Å². The molecule has 0 aliphatic rings. The number of hydrogen-bond donors (Lipinski definition) is 2. The molecule has 1 heterocycles. The Balaban J connectivity index is 2.03. The number of H-pyrrole nitrogens is 1. The van der Waals surface area contributed by atoms with E-state index in [-0.39, 0.29) is 5.91 Å². The van der Waals surface area contributed by atoms with E-state index in [1.165, 1.54) is 12.4 Å². The summed E-state index contributed by atoms with van der Waals surface area (Å²) in [4.78, 5) is 11.6. The second-order valence-electron chi connectivity index (χ2n) is 3.78. The average Bonchev–Trinajstić information content (AvgIpc) is 3.01. The zero-order chi connectivity index (χ0) is 14.4. The highest BCUT2D eigenvalue weighted by Gasteiger charge is 2.05. The second kappa shape index (κ2) is 6.37. The Kier molecular flexibility index (Phi) is 4.33. The number of nitrogens with one attached hydrogen (secondary N) is 2. The molecule has 0 radical (unpaired) electrons. The molecule has 0 saturated carbocycles. The Morgan fingerprint density at radius 1 is 1.30 bits per heavy atom. The number of nitrogens with zero attached hydrogens (tertiary/aromatic N) is 2. The summed E-state index contributed by atoms with van der Waals surface area (Å²) >= 11 is 0. The van der Waals surface area contributed by atoms with E-state index in [1.807, 2.05) is 0 Å². The van der Waals surface area contributed by atoms with Crippen molar-refractivity contribution in [2.45, 2.75) is 0 Å². The van der Waals surface area contributed by atoms with Gasteiger partial charge in [-0.2, -0.15) is 10.2 Å². The van der Waals surface area contributed by atoms with Crippen LogP contribution in [0.15, 0.2) is 35.6 Å². The molecule has 0 spiro atoms. The summed E-state index contributed by atoms with van der Waals surface area (Å²) in [5.74, 6) is 0.863. The maximum atomic E-state index is 11.6. The van der Waals surface area contributed by atoms with Gasteiger partial charge in [-0.15, -0.1) is 0 Å². The zero-order valence-electron chi connectivity index (χ0n) is 11.1. The van der Waals surface area contributed by atoms with E-state index < -0.39 is 0 Å². The average molecular weight is 274 g/mol. The summed E-state index contributed by atoms with van der Waals surface area (Å²) in [5, 5.41) is 10.1. The van der Waals surface area contributed by atoms with Crippen molar-refractivity contribution >= 4 is 12.1 Å². The van der Waals surface area contributed by atoms with Gasteiger partial charge >= 0.3 is 0 Å². The molecule has 0 unspecified atom stereocenters. The summed E-state index contributed by atoms with van der Waals surface area (Å²) < 4.78 is 10.3. The number of aromatic amines is 1. The molecule has 0 aliphatic heterocycles. The first kappa shape index (κ1) is 13.6. The normalized spacial score (nSPS) is 10.5. The summed E-state index contributed by atoms with van der Waals surface area (Å²) in [6, 6.07) is 6.87. The number of amides is 1. The molecule has 1 aromatic heterocycles. The summed E-state index contributed by atoms with van der Waals surface area (Å²) in [6.07, 6.45) is 3.00. The standard InChI is InChI=1S/C13H14N4O3/c1-19-11-4-3-9(7-12(11)20-2)8-15-17-13(18)10-5-6-14-16-10/h3-8H,1-2H3,(H,14,16)(H,17,18)/b15-8-. The number of hydrogen-bond acceptors (Lipinski definition) is 5. The van der Waals surface area contributed by atoms with Gasteiger partial charge in [0, 0.05) is 6.20 Å². The molecule has 0 fully saturated rings. The number of rotatable bonds is 5. The first-order chi connectivity index (χ1) is 9.74. The number of carbonyl (C=O) groups excluding carboxylic acids is 1. The Labute approximate surface area is 115 Å². The van der Waals surface area contributed by atoms with Crippen molar-refractivity contribution in [3.63, 3.8) is 0 Å². The molecule has 2 aromatic rings. The number of aromatic nitrogens is 2. The van der Waals surface area contributed by atoms with Crippen molar-refractivity contribution < 1.29 is 14.3 Å².